The van der Waals surface area contributed by atoms with Crippen LogP contribution >= 0.6 is 11.8 Å². The van der Waals surface area contributed by atoms with Crippen LogP contribution in [0.2, 0.25) is 0 Å². The zero-order valence-corrected chi connectivity index (χ0v) is 29.1. The smallest absolute Gasteiger partial charge is 0.318 e. The van der Waals surface area contributed by atoms with Crippen LogP contribution in [0.15, 0.2) is 67.3 Å². The predicted octanol–water partition coefficient (Wildman–Crippen LogP) is 4.04. The molecule has 3 heterocycles. The number of hydrogen-bond donors (Lipinski definition) is 5. The Kier molecular flexibility index (Phi) is 14.4. The lowest BCUT2D eigenvalue weighted by Crippen LogP contribution is -2.58. The summed E-state index contributed by atoms with van der Waals surface area (Å²) in [5.74, 6) is 1.30. The summed E-state index contributed by atoms with van der Waals surface area (Å²) >= 11 is 1.80. The molecular weight excluding hydrogens is 639 g/mol. The summed E-state index contributed by atoms with van der Waals surface area (Å²) in [4.78, 5) is 54.8. The molecule has 5 rings (SSSR count). The number of aryl methyl sites for hydroxylation is 1. The van der Waals surface area contributed by atoms with Crippen LogP contribution in [-0.2, 0) is 28.9 Å². The fourth-order valence-electron chi connectivity index (χ4n) is 6.78. The van der Waals surface area contributed by atoms with E-state index in [1.165, 1.54) is 6.42 Å². The Labute approximate surface area is 293 Å². The molecule has 11 nitrogen and oxygen atoms in total. The maximum absolute atomic E-state index is 14.1. The van der Waals surface area contributed by atoms with Crippen LogP contribution < -0.4 is 16.0 Å². The van der Waals surface area contributed by atoms with Crippen LogP contribution in [0, 0.1) is 5.92 Å². The van der Waals surface area contributed by atoms with Gasteiger partial charge in [0.15, 0.2) is 0 Å². The number of imidazole rings is 1. The Morgan fingerprint density at radius 2 is 1.61 bits per heavy atom. The molecule has 1 aromatic carbocycles. The third kappa shape index (κ3) is 11.9. The molecule has 264 valence electrons. The van der Waals surface area contributed by atoms with Crippen molar-refractivity contribution in [2.75, 3.05) is 24.6 Å². The van der Waals surface area contributed by atoms with Crippen molar-refractivity contribution < 1.29 is 19.5 Å². The largest absolute Gasteiger partial charge is 0.391 e. The molecule has 0 bridgehead atoms. The molecule has 1 aliphatic carbocycles. The average molecular weight is 690 g/mol. The molecule has 4 atom stereocenters. The third-order valence-electron chi connectivity index (χ3n) is 9.56. The van der Waals surface area contributed by atoms with Crippen molar-refractivity contribution in [3.8, 4) is 0 Å². The van der Waals surface area contributed by atoms with Gasteiger partial charge in [-0.25, -0.2) is 9.78 Å². The van der Waals surface area contributed by atoms with Gasteiger partial charge in [0, 0.05) is 55.5 Å². The van der Waals surface area contributed by atoms with Crippen LogP contribution in [0.4, 0.5) is 4.79 Å². The van der Waals surface area contributed by atoms with Crippen molar-refractivity contribution in [3.05, 3.63) is 84.2 Å². The second kappa shape index (κ2) is 19.3. The Bertz CT molecular complexity index is 1420. The summed E-state index contributed by atoms with van der Waals surface area (Å²) in [6.07, 6.45) is 13.1. The molecule has 12 heteroatoms. The monoisotopic (exact) mass is 689 g/mol. The van der Waals surface area contributed by atoms with Gasteiger partial charge in [0.2, 0.25) is 11.8 Å². The summed E-state index contributed by atoms with van der Waals surface area (Å²) in [5, 5.41) is 20.5. The number of nitrogens with one attached hydrogen (secondary N) is 4. The number of aliphatic hydroxyl groups excluding tert-OH is 1. The van der Waals surface area contributed by atoms with Crippen molar-refractivity contribution in [1.82, 2.24) is 35.8 Å². The molecule has 1 saturated heterocycles. The van der Waals surface area contributed by atoms with E-state index >= 15 is 0 Å². The van der Waals surface area contributed by atoms with Gasteiger partial charge in [0.25, 0.3) is 0 Å². The van der Waals surface area contributed by atoms with E-state index in [1.807, 2.05) is 48.5 Å². The Hall–Kier alpha value is -3.90. The number of urea groups is 1. The highest BCUT2D eigenvalue weighted by atomic mass is 32.2. The van der Waals surface area contributed by atoms with Crippen molar-refractivity contribution in [2.24, 2.45) is 5.92 Å². The van der Waals surface area contributed by atoms with Crippen molar-refractivity contribution >= 4 is 29.6 Å². The van der Waals surface area contributed by atoms with E-state index < -0.39 is 30.1 Å². The number of aliphatic hydroxyl groups is 1. The molecular formula is C37H51N7O4S. The van der Waals surface area contributed by atoms with E-state index in [0.717, 1.165) is 61.3 Å². The van der Waals surface area contributed by atoms with Gasteiger partial charge in [0.1, 0.15) is 12.1 Å². The second-order valence-corrected chi connectivity index (χ2v) is 14.5. The number of carbonyl (C=O) groups excluding carboxylic acids is 3. The Morgan fingerprint density at radius 1 is 0.878 bits per heavy atom. The predicted molar refractivity (Wildman–Crippen MR) is 192 cm³/mol. The van der Waals surface area contributed by atoms with Gasteiger partial charge in [-0.3, -0.25) is 14.6 Å². The molecule has 2 fully saturated rings. The van der Waals surface area contributed by atoms with E-state index in [4.69, 9.17) is 0 Å². The second-order valence-electron chi connectivity index (χ2n) is 13.3. The minimum absolute atomic E-state index is 0.155. The van der Waals surface area contributed by atoms with E-state index in [2.05, 4.69) is 30.9 Å². The lowest BCUT2D eigenvalue weighted by atomic mass is 9.83. The van der Waals surface area contributed by atoms with Gasteiger partial charge < -0.3 is 30.9 Å². The summed E-state index contributed by atoms with van der Waals surface area (Å²) in [5.41, 5.74) is 2.49. The number of aromatic nitrogens is 3. The minimum atomic E-state index is -0.966. The quantitative estimate of drug-likeness (QED) is 0.152. The zero-order chi connectivity index (χ0) is 34.3. The highest BCUT2D eigenvalue weighted by Crippen LogP contribution is 2.29. The van der Waals surface area contributed by atoms with Crippen LogP contribution in [0.1, 0.15) is 68.3 Å². The molecule has 5 N–H and O–H groups in total. The molecule has 2 aromatic heterocycles. The van der Waals surface area contributed by atoms with Crippen molar-refractivity contribution in [2.45, 2.75) is 94.9 Å². The molecule has 4 amide bonds. The fraction of sp³-hybridized carbons (Fsp3) is 0.541. The van der Waals surface area contributed by atoms with Crippen LogP contribution in [0.5, 0.6) is 0 Å². The van der Waals surface area contributed by atoms with Gasteiger partial charge in [-0.2, -0.15) is 11.8 Å². The molecule has 2 aliphatic rings. The molecule has 0 radical (unpaired) electrons. The van der Waals surface area contributed by atoms with Crippen LogP contribution in [-0.4, -0.2) is 91.6 Å². The average Bonchev–Trinajstić information content (AvgIpc) is 3.65. The topological polar surface area (TPSA) is 152 Å². The van der Waals surface area contributed by atoms with Crippen LogP contribution in [0.25, 0.3) is 0 Å². The molecule has 1 aliphatic heterocycles. The first-order valence-electron chi connectivity index (χ1n) is 17.8. The number of benzene rings is 1. The summed E-state index contributed by atoms with van der Waals surface area (Å²) in [6, 6.07) is 12.8. The normalized spacial score (nSPS) is 17.8. The highest BCUT2D eigenvalue weighted by molar-refractivity contribution is 7.99. The number of amides is 4. The third-order valence-corrected chi connectivity index (χ3v) is 10.5. The summed E-state index contributed by atoms with van der Waals surface area (Å²) in [6.45, 7) is 1.24. The highest BCUT2D eigenvalue weighted by Gasteiger charge is 2.32. The van der Waals surface area contributed by atoms with Gasteiger partial charge in [-0.1, -0.05) is 68.5 Å². The summed E-state index contributed by atoms with van der Waals surface area (Å²) in [7, 11) is 0. The maximum Gasteiger partial charge on any atom is 0.318 e. The molecule has 49 heavy (non-hydrogen) atoms. The number of pyridine rings is 1. The van der Waals surface area contributed by atoms with Gasteiger partial charge in [0.05, 0.1) is 24.2 Å². The number of thioether (sulfide) groups is 1. The Morgan fingerprint density at radius 3 is 2.33 bits per heavy atom. The standard InChI is InChI=1S/C37H51N7O4S/c45-34(16-9-15-29-14-7-8-17-39-29)31(22-27-10-3-1-4-11-27)41-36(47)33(24-30-25-38-26-40-30)42-35(46)32(23-28-12-5-2-6-13-28)43-37(48)44-18-20-49-21-19-44/h2,5-8,12-14,17,25-27,31-34,45H,1,3-4,9-11,15-16,18-24H2,(H,38,40)(H,41,47)(H,42,46)(H,43,48)/t31-,32-,33-,34-/m0/s1. The maximum atomic E-state index is 14.1. The zero-order valence-electron chi connectivity index (χ0n) is 28.3. The Balaban J connectivity index is 1.30. The molecule has 0 spiro atoms. The number of rotatable bonds is 16. The first kappa shape index (κ1) is 36.4. The van der Waals surface area contributed by atoms with Gasteiger partial charge in [-0.05, 0) is 49.3 Å². The first-order chi connectivity index (χ1) is 23.9. The fourth-order valence-corrected chi connectivity index (χ4v) is 7.68. The van der Waals surface area contributed by atoms with Crippen molar-refractivity contribution in [3.63, 3.8) is 0 Å². The van der Waals surface area contributed by atoms with E-state index in [0.29, 0.717) is 37.5 Å². The number of hydrogen-bond acceptors (Lipinski definition) is 7. The number of carbonyl (C=O) groups is 3. The van der Waals surface area contributed by atoms with E-state index in [9.17, 15) is 19.5 Å². The lowest BCUT2D eigenvalue weighted by Gasteiger charge is -2.32. The van der Waals surface area contributed by atoms with Gasteiger partial charge in [-0.15, -0.1) is 0 Å². The molecule has 3 aromatic rings. The number of H-pyrrole nitrogens is 1. The first-order valence-corrected chi connectivity index (χ1v) is 18.9. The molecule has 1 saturated carbocycles. The minimum Gasteiger partial charge on any atom is -0.391 e. The SMILES string of the molecule is O=C(N[C@@H](CC1CCCCC1)[C@@H](O)CCCc1ccccn1)[C@H](Cc1c[nH]cn1)NC(=O)[C@H](Cc1ccccc1)NC(=O)N1CCSCC1. The van der Waals surface area contributed by atoms with Crippen LogP contribution in [0.3, 0.4) is 0 Å². The summed E-state index contributed by atoms with van der Waals surface area (Å²) < 4.78 is 0. The van der Waals surface area contributed by atoms with Crippen molar-refractivity contribution in [1.29, 1.82) is 0 Å². The van der Waals surface area contributed by atoms with E-state index in [-0.39, 0.29) is 24.8 Å². The molecule has 0 unspecified atom stereocenters. The number of aromatic amines is 1. The van der Waals surface area contributed by atoms with Gasteiger partial charge >= 0.3 is 6.03 Å². The number of nitrogens with zero attached hydrogens (tertiary/aromatic N) is 3. The lowest BCUT2D eigenvalue weighted by molar-refractivity contribution is -0.131. The van der Waals surface area contributed by atoms with E-state index in [1.54, 1.807) is 35.4 Å².